The number of carbonyl (C=O) groups excluding carboxylic acids is 1. The first-order valence-corrected chi connectivity index (χ1v) is 9.96. The summed E-state index contributed by atoms with van der Waals surface area (Å²) in [5, 5.41) is 10.6. The average Bonchev–Trinajstić information content (AvgIpc) is 3.16. The second-order valence-corrected chi connectivity index (χ2v) is 7.24. The lowest BCUT2D eigenvalue weighted by Gasteiger charge is -2.34. The number of amides is 1. The van der Waals surface area contributed by atoms with Gasteiger partial charge in [-0.15, -0.1) is 0 Å². The second kappa shape index (κ2) is 8.87. The van der Waals surface area contributed by atoms with Crippen LogP contribution < -0.4 is 5.56 Å². The summed E-state index contributed by atoms with van der Waals surface area (Å²) in [4.78, 5) is 28.4. The van der Waals surface area contributed by atoms with E-state index in [2.05, 4.69) is 44.5 Å². The Morgan fingerprint density at radius 1 is 1.10 bits per heavy atom. The van der Waals surface area contributed by atoms with Crippen molar-refractivity contribution >= 4 is 12.0 Å². The molecule has 0 unspecified atom stereocenters. The minimum atomic E-state index is -0.281. The number of hydrogen-bond acceptors (Lipinski definition) is 5. The zero-order chi connectivity index (χ0) is 20.9. The van der Waals surface area contributed by atoms with Crippen molar-refractivity contribution in [3.8, 4) is 5.82 Å². The molecule has 2 aromatic heterocycles. The van der Waals surface area contributed by atoms with E-state index in [9.17, 15) is 9.59 Å². The standard InChI is InChI=1S/C22H24N6O2/c1-17-19(16-23-28(17)20-9-10-21(29)25-24-20)22(30)27-14-12-26(13-15-27)11-5-8-18-6-3-2-4-7-18/h2-10,16H,11-15H2,1H3,(H,25,29)/b8-5+. The minimum Gasteiger partial charge on any atom is -0.336 e. The predicted molar refractivity (Wildman–Crippen MR) is 115 cm³/mol. The van der Waals surface area contributed by atoms with E-state index in [1.54, 1.807) is 16.9 Å². The Balaban J connectivity index is 1.35. The van der Waals surface area contributed by atoms with Crippen LogP contribution in [0, 0.1) is 6.92 Å². The number of hydrogen-bond donors (Lipinski definition) is 1. The molecule has 1 aliphatic rings. The number of aromatic amines is 1. The Kier molecular flexibility index (Phi) is 5.85. The molecule has 8 nitrogen and oxygen atoms in total. The van der Waals surface area contributed by atoms with Gasteiger partial charge in [-0.2, -0.15) is 10.2 Å². The van der Waals surface area contributed by atoms with Crippen LogP contribution in [-0.2, 0) is 0 Å². The molecule has 1 N–H and O–H groups in total. The molecule has 8 heteroatoms. The summed E-state index contributed by atoms with van der Waals surface area (Å²) >= 11 is 0. The molecule has 0 bridgehead atoms. The van der Waals surface area contributed by atoms with Gasteiger partial charge in [-0.05, 0) is 18.6 Å². The van der Waals surface area contributed by atoms with Crippen LogP contribution in [0.5, 0.6) is 0 Å². The van der Waals surface area contributed by atoms with E-state index in [-0.39, 0.29) is 11.5 Å². The Morgan fingerprint density at radius 3 is 2.57 bits per heavy atom. The number of nitrogens with zero attached hydrogens (tertiary/aromatic N) is 5. The third kappa shape index (κ3) is 4.38. The first kappa shape index (κ1) is 19.8. The smallest absolute Gasteiger partial charge is 0.264 e. The van der Waals surface area contributed by atoms with Crippen molar-refractivity contribution in [3.63, 3.8) is 0 Å². The first-order chi connectivity index (χ1) is 14.6. The van der Waals surface area contributed by atoms with Gasteiger partial charge in [-0.1, -0.05) is 42.5 Å². The van der Waals surface area contributed by atoms with E-state index in [1.807, 2.05) is 30.0 Å². The molecule has 0 saturated carbocycles. The largest absolute Gasteiger partial charge is 0.336 e. The van der Waals surface area contributed by atoms with Crippen molar-refractivity contribution in [2.45, 2.75) is 6.92 Å². The fourth-order valence-corrected chi connectivity index (χ4v) is 3.51. The Morgan fingerprint density at radius 2 is 1.87 bits per heavy atom. The fraction of sp³-hybridized carbons (Fsp3) is 0.273. The van der Waals surface area contributed by atoms with Gasteiger partial charge in [0.15, 0.2) is 5.82 Å². The summed E-state index contributed by atoms with van der Waals surface area (Å²) in [7, 11) is 0. The predicted octanol–water partition coefficient (Wildman–Crippen LogP) is 1.74. The number of benzene rings is 1. The highest BCUT2D eigenvalue weighted by atomic mass is 16.2. The summed E-state index contributed by atoms with van der Waals surface area (Å²) < 4.78 is 1.56. The normalized spacial score (nSPS) is 15.0. The average molecular weight is 404 g/mol. The molecule has 0 spiro atoms. The van der Waals surface area contributed by atoms with Crippen LogP contribution in [0.4, 0.5) is 0 Å². The highest BCUT2D eigenvalue weighted by molar-refractivity contribution is 5.95. The van der Waals surface area contributed by atoms with Gasteiger partial charge in [-0.25, -0.2) is 9.78 Å². The number of carbonyl (C=O) groups is 1. The molecule has 1 aromatic carbocycles. The SMILES string of the molecule is Cc1c(C(=O)N2CCN(C/C=C/c3ccccc3)CC2)cnn1-c1ccc(=O)[nH]n1. The van der Waals surface area contributed by atoms with Gasteiger partial charge in [0.1, 0.15) is 0 Å². The van der Waals surface area contributed by atoms with Crippen LogP contribution in [-0.4, -0.2) is 68.4 Å². The topological polar surface area (TPSA) is 87.1 Å². The molecule has 3 heterocycles. The lowest BCUT2D eigenvalue weighted by molar-refractivity contribution is 0.0649. The van der Waals surface area contributed by atoms with Gasteiger partial charge in [0, 0.05) is 38.8 Å². The van der Waals surface area contributed by atoms with Gasteiger partial charge < -0.3 is 4.90 Å². The molecular formula is C22H24N6O2. The van der Waals surface area contributed by atoms with E-state index in [0.29, 0.717) is 30.2 Å². The molecule has 0 atom stereocenters. The number of H-pyrrole nitrogens is 1. The summed E-state index contributed by atoms with van der Waals surface area (Å²) in [5.74, 6) is 0.448. The van der Waals surface area contributed by atoms with E-state index < -0.39 is 0 Å². The van der Waals surface area contributed by atoms with E-state index >= 15 is 0 Å². The van der Waals surface area contributed by atoms with Crippen molar-refractivity contribution in [3.05, 3.63) is 81.9 Å². The maximum atomic E-state index is 13.0. The van der Waals surface area contributed by atoms with Crippen LogP contribution in [0.1, 0.15) is 21.6 Å². The molecule has 3 aromatic rings. The molecule has 1 amide bonds. The molecule has 0 radical (unpaired) electrons. The lowest BCUT2D eigenvalue weighted by atomic mass is 10.2. The maximum absolute atomic E-state index is 13.0. The van der Waals surface area contributed by atoms with Crippen molar-refractivity contribution < 1.29 is 4.79 Å². The third-order valence-electron chi connectivity index (χ3n) is 5.25. The minimum absolute atomic E-state index is 0.0253. The molecular weight excluding hydrogens is 380 g/mol. The second-order valence-electron chi connectivity index (χ2n) is 7.24. The number of aromatic nitrogens is 4. The van der Waals surface area contributed by atoms with Crippen molar-refractivity contribution in [1.29, 1.82) is 0 Å². The van der Waals surface area contributed by atoms with Gasteiger partial charge in [0.05, 0.1) is 17.5 Å². The fourth-order valence-electron chi connectivity index (χ4n) is 3.51. The highest BCUT2D eigenvalue weighted by Crippen LogP contribution is 2.15. The van der Waals surface area contributed by atoms with Crippen molar-refractivity contribution in [2.75, 3.05) is 32.7 Å². The van der Waals surface area contributed by atoms with Crippen molar-refractivity contribution in [1.82, 2.24) is 29.8 Å². The summed E-state index contributed by atoms with van der Waals surface area (Å²) in [6, 6.07) is 13.2. The molecule has 1 saturated heterocycles. The monoisotopic (exact) mass is 404 g/mol. The summed E-state index contributed by atoms with van der Waals surface area (Å²) in [6.45, 7) is 5.72. The molecule has 1 fully saturated rings. The zero-order valence-electron chi connectivity index (χ0n) is 16.9. The quantitative estimate of drug-likeness (QED) is 0.700. The van der Waals surface area contributed by atoms with Crippen LogP contribution in [0.15, 0.2) is 59.5 Å². The Bertz CT molecular complexity index is 1070. The number of piperazine rings is 1. The van der Waals surface area contributed by atoms with Crippen LogP contribution in [0.3, 0.4) is 0 Å². The van der Waals surface area contributed by atoms with E-state index in [0.717, 1.165) is 19.6 Å². The molecule has 4 rings (SSSR count). The van der Waals surface area contributed by atoms with E-state index in [4.69, 9.17) is 0 Å². The van der Waals surface area contributed by atoms with Crippen LogP contribution >= 0.6 is 0 Å². The van der Waals surface area contributed by atoms with E-state index in [1.165, 1.54) is 11.6 Å². The molecule has 154 valence electrons. The van der Waals surface area contributed by atoms with Crippen molar-refractivity contribution in [2.24, 2.45) is 0 Å². The van der Waals surface area contributed by atoms with Crippen LogP contribution in [0.2, 0.25) is 0 Å². The maximum Gasteiger partial charge on any atom is 0.264 e. The van der Waals surface area contributed by atoms with Gasteiger partial charge >= 0.3 is 0 Å². The number of rotatable bonds is 5. The summed E-state index contributed by atoms with van der Waals surface area (Å²) in [5.41, 5.74) is 2.17. The Hall–Kier alpha value is -3.52. The number of nitrogens with one attached hydrogen (secondary N) is 1. The molecule has 0 aliphatic carbocycles. The first-order valence-electron chi connectivity index (χ1n) is 9.96. The summed E-state index contributed by atoms with van der Waals surface area (Å²) in [6.07, 6.45) is 5.86. The molecule has 30 heavy (non-hydrogen) atoms. The Labute approximate surface area is 174 Å². The van der Waals surface area contributed by atoms with Gasteiger partial charge in [0.2, 0.25) is 0 Å². The zero-order valence-corrected chi connectivity index (χ0v) is 16.9. The van der Waals surface area contributed by atoms with Gasteiger partial charge in [0.25, 0.3) is 11.5 Å². The molecule has 1 aliphatic heterocycles. The van der Waals surface area contributed by atoms with Crippen LogP contribution in [0.25, 0.3) is 11.9 Å². The third-order valence-corrected chi connectivity index (χ3v) is 5.25. The lowest BCUT2D eigenvalue weighted by Crippen LogP contribution is -2.48. The van der Waals surface area contributed by atoms with Gasteiger partial charge in [-0.3, -0.25) is 14.5 Å². The highest BCUT2D eigenvalue weighted by Gasteiger charge is 2.25.